The number of aromatic nitrogens is 2. The van der Waals surface area contributed by atoms with Gasteiger partial charge in [-0.2, -0.15) is 0 Å². The fraction of sp³-hybridized carbons (Fsp3) is 0.0833. The first-order valence-electron chi connectivity index (χ1n) is 5.35. The lowest BCUT2D eigenvalue weighted by Crippen LogP contribution is -2.22. The number of fused-ring (bicyclic) bond motifs is 1. The minimum Gasteiger partial charge on any atom is -0.343 e. The molecule has 2 heterocycles. The Balaban J connectivity index is 1.75. The monoisotopic (exact) mass is 275 g/mol. The van der Waals surface area contributed by atoms with Gasteiger partial charge in [-0.05, 0) is 12.1 Å². The Hall–Kier alpha value is -1.79. The first kappa shape index (κ1) is 11.3. The van der Waals surface area contributed by atoms with Crippen LogP contribution in [0.15, 0.2) is 35.8 Å². The molecular formula is C12H9N3OS2. The van der Waals surface area contributed by atoms with Crippen LogP contribution in [0.25, 0.3) is 10.2 Å². The number of hydrogen-bond donors (Lipinski definition) is 1. The van der Waals surface area contributed by atoms with Crippen LogP contribution in [0.3, 0.4) is 0 Å². The quantitative estimate of drug-likeness (QED) is 0.799. The van der Waals surface area contributed by atoms with Crippen LogP contribution in [0, 0.1) is 0 Å². The Morgan fingerprint density at radius 1 is 1.33 bits per heavy atom. The number of rotatable bonds is 3. The van der Waals surface area contributed by atoms with Gasteiger partial charge in [0.15, 0.2) is 5.01 Å². The molecule has 0 aliphatic heterocycles. The van der Waals surface area contributed by atoms with Crippen LogP contribution in [-0.2, 0) is 6.54 Å². The molecule has 0 saturated carbocycles. The number of para-hydroxylation sites is 1. The van der Waals surface area contributed by atoms with Crippen LogP contribution < -0.4 is 5.32 Å². The maximum atomic E-state index is 11.9. The van der Waals surface area contributed by atoms with Gasteiger partial charge in [0.05, 0.1) is 16.8 Å². The van der Waals surface area contributed by atoms with E-state index in [0.29, 0.717) is 11.6 Å². The van der Waals surface area contributed by atoms with Crippen molar-refractivity contribution in [2.24, 2.45) is 0 Å². The second-order valence-electron chi connectivity index (χ2n) is 3.60. The first-order valence-corrected chi connectivity index (χ1v) is 7.05. The number of benzene rings is 1. The maximum Gasteiger partial charge on any atom is 0.280 e. The van der Waals surface area contributed by atoms with Crippen molar-refractivity contribution in [1.29, 1.82) is 0 Å². The molecule has 0 bridgehead atoms. The maximum absolute atomic E-state index is 11.9. The summed E-state index contributed by atoms with van der Waals surface area (Å²) in [5, 5.41) is 6.09. The number of nitrogens with one attached hydrogen (secondary N) is 1. The highest BCUT2D eigenvalue weighted by molar-refractivity contribution is 7.20. The van der Waals surface area contributed by atoms with Gasteiger partial charge in [-0.25, -0.2) is 9.97 Å². The number of carbonyl (C=O) groups is 1. The van der Waals surface area contributed by atoms with Crippen molar-refractivity contribution in [3.8, 4) is 0 Å². The van der Waals surface area contributed by atoms with Gasteiger partial charge in [0.2, 0.25) is 0 Å². The fourth-order valence-corrected chi connectivity index (χ4v) is 2.98. The lowest BCUT2D eigenvalue weighted by molar-refractivity contribution is 0.0950. The molecule has 1 aromatic carbocycles. The Morgan fingerprint density at radius 3 is 3.00 bits per heavy atom. The average molecular weight is 275 g/mol. The Kier molecular flexibility index (Phi) is 3.04. The molecule has 0 spiro atoms. The van der Waals surface area contributed by atoms with Crippen LogP contribution in [0.4, 0.5) is 0 Å². The van der Waals surface area contributed by atoms with E-state index < -0.39 is 0 Å². The summed E-state index contributed by atoms with van der Waals surface area (Å²) in [6.07, 6.45) is 1.73. The zero-order valence-electron chi connectivity index (χ0n) is 9.29. The summed E-state index contributed by atoms with van der Waals surface area (Å²) < 4.78 is 1.02. The minimum absolute atomic E-state index is 0.147. The highest BCUT2D eigenvalue weighted by atomic mass is 32.1. The molecule has 0 saturated heterocycles. The first-order chi connectivity index (χ1) is 8.83. The molecule has 1 N–H and O–H groups in total. The predicted octanol–water partition coefficient (Wildman–Crippen LogP) is 2.68. The molecule has 90 valence electrons. The summed E-state index contributed by atoms with van der Waals surface area (Å²) in [4.78, 5) is 20.3. The van der Waals surface area contributed by atoms with Gasteiger partial charge < -0.3 is 5.32 Å². The van der Waals surface area contributed by atoms with Crippen molar-refractivity contribution in [3.63, 3.8) is 0 Å². The SMILES string of the molecule is O=C(NCc1nccs1)c1nc2ccccc2s1. The summed E-state index contributed by atoms with van der Waals surface area (Å²) in [5.74, 6) is -0.147. The number of amides is 1. The zero-order valence-corrected chi connectivity index (χ0v) is 10.9. The van der Waals surface area contributed by atoms with E-state index in [1.807, 2.05) is 29.6 Å². The van der Waals surface area contributed by atoms with Crippen molar-refractivity contribution in [2.45, 2.75) is 6.54 Å². The number of hydrogen-bond acceptors (Lipinski definition) is 5. The molecule has 2 aromatic heterocycles. The van der Waals surface area contributed by atoms with Crippen molar-refractivity contribution >= 4 is 38.8 Å². The predicted molar refractivity (Wildman–Crippen MR) is 72.9 cm³/mol. The summed E-state index contributed by atoms with van der Waals surface area (Å²) >= 11 is 2.92. The van der Waals surface area contributed by atoms with E-state index in [-0.39, 0.29) is 5.91 Å². The fourth-order valence-electron chi connectivity index (χ4n) is 1.54. The van der Waals surface area contributed by atoms with Crippen LogP contribution in [0.5, 0.6) is 0 Å². The van der Waals surface area contributed by atoms with Gasteiger partial charge in [-0.15, -0.1) is 22.7 Å². The second-order valence-corrected chi connectivity index (χ2v) is 5.61. The minimum atomic E-state index is -0.147. The van der Waals surface area contributed by atoms with Gasteiger partial charge in [0.25, 0.3) is 5.91 Å². The van der Waals surface area contributed by atoms with E-state index in [1.165, 1.54) is 22.7 Å². The third kappa shape index (κ3) is 2.25. The molecule has 3 aromatic rings. The molecule has 0 unspecified atom stereocenters. The largest absolute Gasteiger partial charge is 0.343 e. The van der Waals surface area contributed by atoms with E-state index in [2.05, 4.69) is 15.3 Å². The third-order valence-corrected chi connectivity index (χ3v) is 4.19. The highest BCUT2D eigenvalue weighted by Crippen LogP contribution is 2.21. The van der Waals surface area contributed by atoms with Gasteiger partial charge in [0, 0.05) is 11.6 Å². The Bertz CT molecular complexity index is 643. The van der Waals surface area contributed by atoms with Gasteiger partial charge in [0.1, 0.15) is 5.01 Å². The second kappa shape index (κ2) is 4.83. The van der Waals surface area contributed by atoms with Crippen molar-refractivity contribution in [3.05, 3.63) is 45.9 Å². The summed E-state index contributed by atoms with van der Waals surface area (Å²) in [5.41, 5.74) is 0.863. The van der Waals surface area contributed by atoms with Crippen LogP contribution in [0.2, 0.25) is 0 Å². The van der Waals surface area contributed by atoms with Crippen molar-refractivity contribution < 1.29 is 4.79 Å². The molecule has 4 nitrogen and oxygen atoms in total. The molecule has 0 fully saturated rings. The number of thiazole rings is 2. The van der Waals surface area contributed by atoms with Crippen LogP contribution >= 0.6 is 22.7 Å². The summed E-state index contributed by atoms with van der Waals surface area (Å²) in [7, 11) is 0. The zero-order chi connectivity index (χ0) is 12.4. The molecule has 3 rings (SSSR count). The van der Waals surface area contributed by atoms with E-state index in [4.69, 9.17) is 0 Å². The van der Waals surface area contributed by atoms with E-state index in [1.54, 1.807) is 6.20 Å². The van der Waals surface area contributed by atoms with E-state index in [9.17, 15) is 4.79 Å². The molecule has 0 atom stereocenters. The lowest BCUT2D eigenvalue weighted by atomic mass is 10.3. The number of nitrogens with zero attached hydrogens (tertiary/aromatic N) is 2. The smallest absolute Gasteiger partial charge is 0.280 e. The third-order valence-electron chi connectivity index (χ3n) is 2.37. The van der Waals surface area contributed by atoms with Gasteiger partial charge in [-0.1, -0.05) is 12.1 Å². The van der Waals surface area contributed by atoms with Crippen molar-refractivity contribution in [1.82, 2.24) is 15.3 Å². The molecule has 1 amide bonds. The molecule has 0 radical (unpaired) electrons. The molecule has 18 heavy (non-hydrogen) atoms. The summed E-state index contributed by atoms with van der Waals surface area (Å²) in [6, 6.07) is 7.73. The molecule has 6 heteroatoms. The molecular weight excluding hydrogens is 266 g/mol. The standard InChI is InChI=1S/C12H9N3OS2/c16-11(14-7-10-13-5-6-17-10)12-15-8-3-1-2-4-9(8)18-12/h1-6H,7H2,(H,14,16). The topological polar surface area (TPSA) is 54.9 Å². The van der Waals surface area contributed by atoms with Gasteiger partial charge >= 0.3 is 0 Å². The molecule has 0 aliphatic rings. The van der Waals surface area contributed by atoms with E-state index in [0.717, 1.165) is 15.2 Å². The summed E-state index contributed by atoms with van der Waals surface area (Å²) in [6.45, 7) is 0.451. The highest BCUT2D eigenvalue weighted by Gasteiger charge is 2.11. The van der Waals surface area contributed by atoms with Crippen molar-refractivity contribution in [2.75, 3.05) is 0 Å². The Morgan fingerprint density at radius 2 is 2.22 bits per heavy atom. The van der Waals surface area contributed by atoms with Gasteiger partial charge in [-0.3, -0.25) is 4.79 Å². The lowest BCUT2D eigenvalue weighted by Gasteiger charge is -1.98. The normalized spacial score (nSPS) is 10.7. The van der Waals surface area contributed by atoms with E-state index >= 15 is 0 Å². The molecule has 0 aliphatic carbocycles. The Labute approximate surface area is 111 Å². The van der Waals surface area contributed by atoms with Crippen LogP contribution in [0.1, 0.15) is 14.8 Å². The average Bonchev–Trinajstić information content (AvgIpc) is 3.04. The number of carbonyl (C=O) groups excluding carboxylic acids is 1. The van der Waals surface area contributed by atoms with Crippen LogP contribution in [-0.4, -0.2) is 15.9 Å².